The van der Waals surface area contributed by atoms with Crippen molar-refractivity contribution in [2.45, 2.75) is 17.7 Å². The molecule has 0 unspecified atom stereocenters. The fourth-order valence-corrected chi connectivity index (χ4v) is 5.43. The van der Waals surface area contributed by atoms with Crippen molar-refractivity contribution >= 4 is 50.9 Å². The van der Waals surface area contributed by atoms with Gasteiger partial charge in [-0.25, -0.2) is 8.42 Å². The number of aromatic nitrogens is 5. The number of anilines is 3. The van der Waals surface area contributed by atoms with Crippen molar-refractivity contribution in [3.05, 3.63) is 70.9 Å². The Kier molecular flexibility index (Phi) is 7.63. The number of furan rings is 1. The molecule has 5 aromatic rings. The van der Waals surface area contributed by atoms with E-state index in [4.69, 9.17) is 32.2 Å². The number of nitrogens with zero attached hydrogens (tertiary/aromatic N) is 5. The van der Waals surface area contributed by atoms with Gasteiger partial charge in [0.25, 0.3) is 21.7 Å². The number of sulfonamides is 1. The maximum atomic E-state index is 12.9. The molecule has 0 fully saturated rings. The molecule has 0 radical (unpaired) electrons. The number of nitrogens with one attached hydrogen (secondary N) is 2. The number of benzene rings is 2. The number of methoxy groups -OCH3 is 1. The summed E-state index contributed by atoms with van der Waals surface area (Å²) in [4.78, 5) is 24.4. The van der Waals surface area contributed by atoms with Crippen LogP contribution in [0.15, 0.2) is 64.1 Å². The van der Waals surface area contributed by atoms with Crippen LogP contribution in [0.2, 0.25) is 5.02 Å². The maximum Gasteiger partial charge on any atom is 0.261 e. The molecule has 0 spiro atoms. The third-order valence-electron chi connectivity index (χ3n) is 5.90. The lowest BCUT2D eigenvalue weighted by Crippen LogP contribution is -2.17. The van der Waals surface area contributed by atoms with Crippen molar-refractivity contribution in [3.8, 4) is 17.3 Å². The van der Waals surface area contributed by atoms with E-state index in [2.05, 4.69) is 30.1 Å². The molecule has 0 bridgehead atoms. The summed E-state index contributed by atoms with van der Waals surface area (Å²) >= 11 is 6.11. The van der Waals surface area contributed by atoms with Crippen LogP contribution in [0.25, 0.3) is 17.4 Å². The van der Waals surface area contributed by atoms with Gasteiger partial charge in [0.1, 0.15) is 5.75 Å². The summed E-state index contributed by atoms with van der Waals surface area (Å²) in [6.07, 6.45) is 2.95. The summed E-state index contributed by atoms with van der Waals surface area (Å²) in [5.74, 6) is 0.706. The molecule has 212 valence electrons. The first-order chi connectivity index (χ1) is 19.6. The molecule has 41 heavy (non-hydrogen) atoms. The van der Waals surface area contributed by atoms with Gasteiger partial charge in [0, 0.05) is 12.2 Å². The van der Waals surface area contributed by atoms with Gasteiger partial charge in [0.15, 0.2) is 5.76 Å². The molecule has 1 amide bonds. The van der Waals surface area contributed by atoms with Crippen LogP contribution in [-0.2, 0) is 16.4 Å². The lowest BCUT2D eigenvalue weighted by Gasteiger charge is -2.13. The molecule has 0 saturated carbocycles. The lowest BCUT2D eigenvalue weighted by atomic mass is 10.1. The maximum absolute atomic E-state index is 12.9. The Balaban J connectivity index is 1.18. The summed E-state index contributed by atoms with van der Waals surface area (Å²) in [6.45, 7) is 0.545. The third kappa shape index (κ3) is 6.00. The molecule has 0 aliphatic rings. The minimum Gasteiger partial charge on any atom is -0.494 e. The quantitative estimate of drug-likeness (QED) is 0.163. The standard InChI is InChI=1S/C25H24ClN9O5S/c1-39-20-17(21(27)36)12-16(13-18(20)26)41(37,38)34-15-8-6-14(7-9-15)4-2-10-29-24-31-23(28)35-25(32-24)30-22(33-35)19-5-3-11-40-19/h3,5-9,11-13,34H,2,4,10H2,1H3,(H2,27,36)(H3,28,29,30,31,32,33). The number of primary amides is 1. The Morgan fingerprint density at radius 2 is 1.93 bits per heavy atom. The normalized spacial score (nSPS) is 11.5. The van der Waals surface area contributed by atoms with Crippen molar-refractivity contribution in [1.82, 2.24) is 24.6 Å². The second-order valence-corrected chi connectivity index (χ2v) is 10.8. The number of aryl methyl sites for hydroxylation is 1. The Bertz CT molecular complexity index is 1820. The number of nitrogens with two attached hydrogens (primary N) is 2. The first kappa shape index (κ1) is 27.7. The molecular weight excluding hydrogens is 574 g/mol. The van der Waals surface area contributed by atoms with Gasteiger partial charge >= 0.3 is 0 Å². The van der Waals surface area contributed by atoms with Gasteiger partial charge in [0.2, 0.25) is 17.7 Å². The van der Waals surface area contributed by atoms with E-state index in [1.54, 1.807) is 36.4 Å². The van der Waals surface area contributed by atoms with Crippen LogP contribution >= 0.6 is 11.6 Å². The average Bonchev–Trinajstić information content (AvgIpc) is 3.62. The Hall–Kier alpha value is -4.89. The van der Waals surface area contributed by atoms with E-state index in [1.165, 1.54) is 24.0 Å². The van der Waals surface area contributed by atoms with Crippen molar-refractivity contribution in [2.24, 2.45) is 5.73 Å². The highest BCUT2D eigenvalue weighted by Gasteiger charge is 2.22. The highest BCUT2D eigenvalue weighted by molar-refractivity contribution is 7.92. The smallest absolute Gasteiger partial charge is 0.261 e. The molecule has 5 rings (SSSR count). The van der Waals surface area contributed by atoms with Crippen molar-refractivity contribution < 1.29 is 22.4 Å². The number of hydrogen-bond donors (Lipinski definition) is 4. The molecule has 6 N–H and O–H groups in total. The number of nitrogen functional groups attached to an aromatic ring is 1. The minimum atomic E-state index is -4.06. The van der Waals surface area contributed by atoms with Crippen LogP contribution in [0.1, 0.15) is 22.3 Å². The van der Waals surface area contributed by atoms with Crippen LogP contribution in [-0.4, -0.2) is 52.5 Å². The monoisotopic (exact) mass is 597 g/mol. The summed E-state index contributed by atoms with van der Waals surface area (Å²) in [6, 6.07) is 12.7. The molecule has 3 heterocycles. The van der Waals surface area contributed by atoms with E-state index in [1.807, 2.05) is 0 Å². The molecule has 0 atom stereocenters. The molecule has 0 saturated heterocycles. The number of rotatable bonds is 11. The van der Waals surface area contributed by atoms with E-state index in [9.17, 15) is 13.2 Å². The summed E-state index contributed by atoms with van der Waals surface area (Å²) < 4.78 is 40.0. The predicted molar refractivity (Wildman–Crippen MR) is 151 cm³/mol. The number of hydrogen-bond acceptors (Lipinski definition) is 11. The van der Waals surface area contributed by atoms with Gasteiger partial charge in [-0.2, -0.15) is 19.5 Å². The second kappa shape index (κ2) is 11.3. The van der Waals surface area contributed by atoms with Crippen molar-refractivity contribution in [1.29, 1.82) is 0 Å². The molecule has 0 aliphatic carbocycles. The Morgan fingerprint density at radius 1 is 1.15 bits per heavy atom. The van der Waals surface area contributed by atoms with Crippen LogP contribution in [0, 0.1) is 0 Å². The highest BCUT2D eigenvalue weighted by Crippen LogP contribution is 2.32. The number of halogens is 1. The fourth-order valence-electron chi connectivity index (χ4n) is 3.96. The van der Waals surface area contributed by atoms with Crippen LogP contribution in [0.3, 0.4) is 0 Å². The van der Waals surface area contributed by atoms with Gasteiger partial charge in [-0.1, -0.05) is 23.7 Å². The fraction of sp³-hybridized carbons (Fsp3) is 0.160. The molecule has 0 aliphatic heterocycles. The topological polar surface area (TPSA) is 206 Å². The van der Waals surface area contributed by atoms with E-state index >= 15 is 0 Å². The van der Waals surface area contributed by atoms with E-state index in [-0.39, 0.29) is 33.0 Å². The SMILES string of the molecule is COc1c(Cl)cc(S(=O)(=O)Nc2ccc(CCCNc3nc(N)n4nc(-c5ccco5)nc4n3)cc2)cc1C(N)=O. The summed E-state index contributed by atoms with van der Waals surface area (Å²) in [7, 11) is -2.76. The number of fused-ring (bicyclic) bond motifs is 1. The lowest BCUT2D eigenvalue weighted by molar-refractivity contribution is 0.0997. The second-order valence-electron chi connectivity index (χ2n) is 8.71. The van der Waals surface area contributed by atoms with Gasteiger partial charge in [-0.3, -0.25) is 9.52 Å². The zero-order chi connectivity index (χ0) is 29.1. The van der Waals surface area contributed by atoms with Crippen molar-refractivity contribution in [2.75, 3.05) is 29.4 Å². The van der Waals surface area contributed by atoms with Crippen LogP contribution < -0.4 is 26.2 Å². The average molecular weight is 598 g/mol. The van der Waals surface area contributed by atoms with Gasteiger partial charge in [0.05, 0.1) is 28.9 Å². The zero-order valence-electron chi connectivity index (χ0n) is 21.5. The van der Waals surface area contributed by atoms with E-state index in [0.29, 0.717) is 36.2 Å². The van der Waals surface area contributed by atoms with Crippen LogP contribution in [0.5, 0.6) is 5.75 Å². The highest BCUT2D eigenvalue weighted by atomic mass is 35.5. The van der Waals surface area contributed by atoms with Crippen LogP contribution in [0.4, 0.5) is 17.6 Å². The predicted octanol–water partition coefficient (Wildman–Crippen LogP) is 2.97. The van der Waals surface area contributed by atoms with Gasteiger partial charge < -0.3 is 25.9 Å². The molecule has 2 aromatic carbocycles. The number of amides is 1. The largest absolute Gasteiger partial charge is 0.494 e. The number of carbonyl (C=O) groups is 1. The molecular formula is C25H24ClN9O5S. The van der Waals surface area contributed by atoms with Crippen molar-refractivity contribution in [3.63, 3.8) is 0 Å². The molecule has 3 aromatic heterocycles. The minimum absolute atomic E-state index is 0.00488. The van der Waals surface area contributed by atoms with E-state index < -0.39 is 15.9 Å². The summed E-state index contributed by atoms with van der Waals surface area (Å²) in [5.41, 5.74) is 12.5. The third-order valence-corrected chi connectivity index (χ3v) is 7.54. The Morgan fingerprint density at radius 3 is 2.61 bits per heavy atom. The Labute approximate surface area is 238 Å². The summed E-state index contributed by atoms with van der Waals surface area (Å²) in [5, 5.41) is 7.33. The first-order valence-electron chi connectivity index (χ1n) is 12.1. The van der Waals surface area contributed by atoms with E-state index in [0.717, 1.165) is 18.1 Å². The molecule has 14 nitrogen and oxygen atoms in total. The van der Waals surface area contributed by atoms with Gasteiger partial charge in [-0.05, 0) is 54.8 Å². The number of ether oxygens (including phenoxy) is 1. The molecule has 16 heteroatoms. The van der Waals surface area contributed by atoms with Gasteiger partial charge in [-0.15, -0.1) is 5.10 Å². The number of carbonyl (C=O) groups excluding carboxylic acids is 1. The first-order valence-corrected chi connectivity index (χ1v) is 14.0. The zero-order valence-corrected chi connectivity index (χ0v) is 23.1.